The molecule has 0 aliphatic carbocycles. The van der Waals surface area contributed by atoms with E-state index in [0.29, 0.717) is 12.0 Å². The lowest BCUT2D eigenvalue weighted by atomic mass is 10.3. The minimum atomic E-state index is -3.66. The normalized spacial score (nSPS) is 11.5. The molecule has 0 bridgehead atoms. The van der Waals surface area contributed by atoms with Crippen LogP contribution in [0.2, 0.25) is 0 Å². The van der Waals surface area contributed by atoms with Crippen LogP contribution in [0.5, 0.6) is 0 Å². The fourth-order valence-electron chi connectivity index (χ4n) is 1.80. The minimum absolute atomic E-state index is 0.0565. The van der Waals surface area contributed by atoms with E-state index in [4.69, 9.17) is 10.8 Å². The number of aromatic nitrogens is 1. The molecule has 0 amide bonds. The SMILES string of the molecule is CC(C)N(CCCO)S(=O)(=O)c1cncc(C#CCN)c1. The van der Waals surface area contributed by atoms with Gasteiger partial charge in [0.15, 0.2) is 0 Å². The lowest BCUT2D eigenvalue weighted by Gasteiger charge is -2.25. The monoisotopic (exact) mass is 311 g/mol. The van der Waals surface area contributed by atoms with E-state index < -0.39 is 10.0 Å². The van der Waals surface area contributed by atoms with Gasteiger partial charge in [-0.15, -0.1) is 0 Å². The summed E-state index contributed by atoms with van der Waals surface area (Å²) in [6.07, 6.45) is 3.18. The Hall–Kier alpha value is -1.46. The van der Waals surface area contributed by atoms with E-state index in [1.54, 1.807) is 13.8 Å². The zero-order chi connectivity index (χ0) is 15.9. The third-order valence-corrected chi connectivity index (χ3v) is 4.81. The van der Waals surface area contributed by atoms with Crippen LogP contribution >= 0.6 is 0 Å². The molecule has 3 N–H and O–H groups in total. The molecule has 0 unspecified atom stereocenters. The van der Waals surface area contributed by atoms with Crippen molar-refractivity contribution in [3.63, 3.8) is 0 Å². The van der Waals surface area contributed by atoms with Crippen molar-refractivity contribution in [2.75, 3.05) is 19.7 Å². The molecule has 0 saturated heterocycles. The fraction of sp³-hybridized carbons (Fsp3) is 0.500. The highest BCUT2D eigenvalue weighted by Crippen LogP contribution is 2.18. The fourth-order valence-corrected chi connectivity index (χ4v) is 3.46. The Morgan fingerprint density at radius 1 is 1.43 bits per heavy atom. The molecule has 7 heteroatoms. The van der Waals surface area contributed by atoms with E-state index in [-0.39, 0.29) is 30.6 Å². The summed E-state index contributed by atoms with van der Waals surface area (Å²) >= 11 is 0. The van der Waals surface area contributed by atoms with Crippen LogP contribution < -0.4 is 5.73 Å². The van der Waals surface area contributed by atoms with Crippen LogP contribution in [-0.4, -0.2) is 48.6 Å². The number of pyridine rings is 1. The molecule has 1 aromatic heterocycles. The van der Waals surface area contributed by atoms with Gasteiger partial charge in [0, 0.05) is 37.2 Å². The van der Waals surface area contributed by atoms with Crippen molar-refractivity contribution < 1.29 is 13.5 Å². The summed E-state index contributed by atoms with van der Waals surface area (Å²) < 4.78 is 26.6. The van der Waals surface area contributed by atoms with Gasteiger partial charge in [0.2, 0.25) is 10.0 Å². The number of nitrogens with two attached hydrogens (primary N) is 1. The number of hydrogen-bond donors (Lipinski definition) is 2. The topological polar surface area (TPSA) is 96.5 Å². The molecular formula is C14H21N3O3S. The Labute approximate surface area is 126 Å². The molecule has 0 aliphatic rings. The first kappa shape index (κ1) is 17.6. The van der Waals surface area contributed by atoms with Gasteiger partial charge in [-0.3, -0.25) is 4.98 Å². The second-order valence-electron chi connectivity index (χ2n) is 4.70. The average molecular weight is 311 g/mol. The smallest absolute Gasteiger partial charge is 0.244 e. The van der Waals surface area contributed by atoms with E-state index >= 15 is 0 Å². The van der Waals surface area contributed by atoms with Crippen LogP contribution in [0.1, 0.15) is 25.8 Å². The highest BCUT2D eigenvalue weighted by Gasteiger charge is 2.26. The van der Waals surface area contributed by atoms with Crippen molar-refractivity contribution in [1.82, 2.24) is 9.29 Å². The summed E-state index contributed by atoms with van der Waals surface area (Å²) in [6.45, 7) is 3.99. The van der Waals surface area contributed by atoms with Gasteiger partial charge in [0.05, 0.1) is 6.54 Å². The predicted molar refractivity (Wildman–Crippen MR) is 80.9 cm³/mol. The second kappa shape index (κ2) is 8.10. The van der Waals surface area contributed by atoms with Gasteiger partial charge in [-0.05, 0) is 26.3 Å². The first-order chi connectivity index (χ1) is 9.93. The summed E-state index contributed by atoms with van der Waals surface area (Å²) in [7, 11) is -3.66. The van der Waals surface area contributed by atoms with Gasteiger partial charge in [-0.2, -0.15) is 4.31 Å². The zero-order valence-electron chi connectivity index (χ0n) is 12.3. The number of rotatable bonds is 6. The lowest BCUT2D eigenvalue weighted by molar-refractivity contribution is 0.258. The van der Waals surface area contributed by atoms with E-state index in [2.05, 4.69) is 16.8 Å². The maximum Gasteiger partial charge on any atom is 0.244 e. The Balaban J connectivity index is 3.15. The molecule has 1 heterocycles. The summed E-state index contributed by atoms with van der Waals surface area (Å²) in [5, 5.41) is 8.91. The van der Waals surface area contributed by atoms with E-state index in [1.807, 2.05) is 0 Å². The zero-order valence-corrected chi connectivity index (χ0v) is 13.1. The molecule has 0 spiro atoms. The van der Waals surface area contributed by atoms with E-state index in [0.717, 1.165) is 0 Å². The van der Waals surface area contributed by atoms with Crippen LogP contribution in [-0.2, 0) is 10.0 Å². The van der Waals surface area contributed by atoms with Crippen LogP contribution in [0.3, 0.4) is 0 Å². The van der Waals surface area contributed by atoms with Crippen LogP contribution in [0.4, 0.5) is 0 Å². The maximum absolute atomic E-state index is 12.6. The molecule has 6 nitrogen and oxygen atoms in total. The Morgan fingerprint density at radius 2 is 2.14 bits per heavy atom. The Morgan fingerprint density at radius 3 is 2.71 bits per heavy atom. The van der Waals surface area contributed by atoms with Gasteiger partial charge < -0.3 is 10.8 Å². The van der Waals surface area contributed by atoms with Crippen molar-refractivity contribution in [3.8, 4) is 11.8 Å². The molecule has 0 aliphatic heterocycles. The van der Waals surface area contributed by atoms with E-state index in [1.165, 1.54) is 22.8 Å². The third-order valence-electron chi connectivity index (χ3n) is 2.77. The Kier molecular flexibility index (Phi) is 6.78. The summed E-state index contributed by atoms with van der Waals surface area (Å²) in [6, 6.07) is 1.28. The van der Waals surface area contributed by atoms with Crippen molar-refractivity contribution in [3.05, 3.63) is 24.0 Å². The van der Waals surface area contributed by atoms with Gasteiger partial charge >= 0.3 is 0 Å². The molecule has 1 aromatic rings. The molecule has 0 aromatic carbocycles. The first-order valence-corrected chi connectivity index (χ1v) is 8.14. The highest BCUT2D eigenvalue weighted by molar-refractivity contribution is 7.89. The molecule has 0 fully saturated rings. The average Bonchev–Trinajstić information content (AvgIpc) is 2.45. The third kappa shape index (κ3) is 4.79. The van der Waals surface area contributed by atoms with Crippen LogP contribution in [0.25, 0.3) is 0 Å². The minimum Gasteiger partial charge on any atom is -0.396 e. The summed E-state index contributed by atoms with van der Waals surface area (Å²) in [5.41, 5.74) is 5.81. The molecule has 0 atom stereocenters. The molecule has 1 rings (SSSR count). The number of sulfonamides is 1. The molecular weight excluding hydrogens is 290 g/mol. The number of aliphatic hydroxyl groups is 1. The quantitative estimate of drug-likeness (QED) is 0.730. The van der Waals surface area contributed by atoms with Crippen LogP contribution in [0.15, 0.2) is 23.4 Å². The van der Waals surface area contributed by atoms with Crippen LogP contribution in [0, 0.1) is 11.8 Å². The predicted octanol–water partition coefficient (Wildman–Crippen LogP) is 0.173. The van der Waals surface area contributed by atoms with Crippen molar-refractivity contribution in [2.24, 2.45) is 5.73 Å². The van der Waals surface area contributed by atoms with Crippen molar-refractivity contribution in [2.45, 2.75) is 31.2 Å². The largest absolute Gasteiger partial charge is 0.396 e. The molecule has 21 heavy (non-hydrogen) atoms. The second-order valence-corrected chi connectivity index (χ2v) is 6.59. The lowest BCUT2D eigenvalue weighted by Crippen LogP contribution is -2.38. The van der Waals surface area contributed by atoms with Gasteiger partial charge in [0.1, 0.15) is 4.90 Å². The molecule has 0 radical (unpaired) electrons. The number of aliphatic hydroxyl groups excluding tert-OH is 1. The van der Waals surface area contributed by atoms with E-state index in [9.17, 15) is 8.42 Å². The Bertz CT molecular complexity index is 618. The van der Waals surface area contributed by atoms with Gasteiger partial charge in [0.25, 0.3) is 0 Å². The molecule has 0 saturated carbocycles. The molecule has 116 valence electrons. The van der Waals surface area contributed by atoms with Gasteiger partial charge in [-0.25, -0.2) is 8.42 Å². The van der Waals surface area contributed by atoms with Crippen molar-refractivity contribution >= 4 is 10.0 Å². The van der Waals surface area contributed by atoms with Crippen molar-refractivity contribution in [1.29, 1.82) is 0 Å². The highest BCUT2D eigenvalue weighted by atomic mass is 32.2. The summed E-state index contributed by atoms with van der Waals surface area (Å²) in [4.78, 5) is 4.02. The standard InChI is InChI=1S/C14H21N3O3S/c1-12(2)17(7-4-8-18)21(19,20)14-9-13(5-3-6-15)10-16-11-14/h9-12,18H,4,6-8,15H2,1-2H3. The summed E-state index contributed by atoms with van der Waals surface area (Å²) in [5.74, 6) is 5.43. The number of hydrogen-bond acceptors (Lipinski definition) is 5. The van der Waals surface area contributed by atoms with Gasteiger partial charge in [-0.1, -0.05) is 11.8 Å². The maximum atomic E-state index is 12.6. The number of nitrogens with zero attached hydrogens (tertiary/aromatic N) is 2. The first-order valence-electron chi connectivity index (χ1n) is 6.70.